The molecule has 0 N–H and O–H groups in total. The Bertz CT molecular complexity index is 1290. The van der Waals surface area contributed by atoms with Crippen molar-refractivity contribution in [3.8, 4) is 0 Å². The summed E-state index contributed by atoms with van der Waals surface area (Å²) in [5.74, 6) is -0.183. The first-order chi connectivity index (χ1) is 42.6. The number of hydrogen-bond acceptors (Lipinski definition) is 4. The Labute approximate surface area is 542 Å². The van der Waals surface area contributed by atoms with Gasteiger partial charge in [0.15, 0.2) is 0 Å². The Morgan fingerprint density at radius 1 is 0.244 bits per heavy atom. The Hall–Kier alpha value is -1.39. The number of carbonyl (C=O) groups excluding carboxylic acids is 1. The summed E-state index contributed by atoms with van der Waals surface area (Å²) >= 11 is 0. The highest BCUT2D eigenvalue weighted by atomic mass is 16.5. The van der Waals surface area contributed by atoms with Gasteiger partial charge < -0.3 is 4.74 Å². The van der Waals surface area contributed by atoms with Gasteiger partial charge in [-0.05, 0) is 75.1 Å². The topological polar surface area (TPSA) is 32.8 Å². The molecule has 0 radical (unpaired) electrons. The van der Waals surface area contributed by atoms with Crippen molar-refractivity contribution in [1.82, 2.24) is 9.80 Å². The molecule has 0 atom stereocenters. The minimum Gasteiger partial charge on any atom is -0.465 e. The fourth-order valence-corrected chi connectivity index (χ4v) is 13.8. The first-order valence-electron chi connectivity index (χ1n) is 40.2. The average Bonchev–Trinajstić information content (AvgIpc) is 3.56. The third-order valence-corrected chi connectivity index (χ3v) is 19.6. The van der Waals surface area contributed by atoms with Gasteiger partial charge in [-0.15, -0.1) is 0 Å². The molecule has 0 heterocycles. The number of ether oxygens (including phenoxy) is 1. The molecular weight excluding hydrogens is 1040 g/mol. The number of methoxy groups -OCH3 is 1. The molecule has 1 aromatic rings. The zero-order valence-electron chi connectivity index (χ0n) is 59.9. The number of rotatable bonds is 73. The second kappa shape index (κ2) is 69.5. The van der Waals surface area contributed by atoms with E-state index in [9.17, 15) is 4.79 Å². The van der Waals surface area contributed by atoms with E-state index in [1.807, 2.05) is 0 Å². The molecule has 4 nitrogen and oxygen atoms in total. The molecule has 0 aliphatic rings. The lowest BCUT2D eigenvalue weighted by Gasteiger charge is -2.25. The van der Waals surface area contributed by atoms with Gasteiger partial charge in [0.1, 0.15) is 0 Å². The summed E-state index contributed by atoms with van der Waals surface area (Å²) in [6, 6.07) is 6.84. The van der Waals surface area contributed by atoms with Gasteiger partial charge in [-0.2, -0.15) is 0 Å². The fraction of sp³-hybridized carbons (Fsp3) is 0.915. The quantitative estimate of drug-likeness (QED) is 0.0481. The van der Waals surface area contributed by atoms with E-state index in [0.717, 1.165) is 18.7 Å². The van der Waals surface area contributed by atoms with E-state index in [1.54, 1.807) is 7.11 Å². The molecule has 1 rings (SSSR count). The van der Waals surface area contributed by atoms with Crippen molar-refractivity contribution in [1.29, 1.82) is 0 Å². The van der Waals surface area contributed by atoms with Crippen molar-refractivity contribution in [3.63, 3.8) is 0 Å². The van der Waals surface area contributed by atoms with Crippen LogP contribution in [0, 0.1) is 0 Å². The van der Waals surface area contributed by atoms with E-state index < -0.39 is 0 Å². The molecule has 0 saturated heterocycles. The van der Waals surface area contributed by atoms with Gasteiger partial charge in [0.25, 0.3) is 0 Å². The summed E-state index contributed by atoms with van der Waals surface area (Å²) in [7, 11) is 1.57. The minimum atomic E-state index is -0.183. The summed E-state index contributed by atoms with van der Waals surface area (Å²) in [6.07, 6.45) is 90.4. The second-order valence-corrected chi connectivity index (χ2v) is 28.3. The van der Waals surface area contributed by atoms with E-state index in [4.69, 9.17) is 4.74 Å². The number of unbranched alkanes of at least 4 members (excludes halogenated alkanes) is 60. The molecular formula is C82H158N2O2. The van der Waals surface area contributed by atoms with Gasteiger partial charge in [0.2, 0.25) is 0 Å². The van der Waals surface area contributed by atoms with Crippen molar-refractivity contribution in [2.24, 2.45) is 0 Å². The molecule has 0 saturated carbocycles. The number of carbonyl (C=O) groups is 1. The molecule has 1 aromatic carbocycles. The maximum atomic E-state index is 13.4. The highest BCUT2D eigenvalue weighted by Crippen LogP contribution is 2.22. The summed E-state index contributed by atoms with van der Waals surface area (Å²) < 4.78 is 5.44. The first-order valence-corrected chi connectivity index (χ1v) is 40.2. The molecule has 86 heavy (non-hydrogen) atoms. The molecule has 0 unspecified atom stereocenters. The predicted octanol–water partition coefficient (Wildman–Crippen LogP) is 28.1. The smallest absolute Gasteiger partial charge is 0.337 e. The third-order valence-electron chi connectivity index (χ3n) is 19.6. The Morgan fingerprint density at radius 3 is 0.547 bits per heavy atom. The lowest BCUT2D eigenvalue weighted by molar-refractivity contribution is 0.0600. The number of benzene rings is 1. The molecule has 0 amide bonds. The number of esters is 1. The van der Waals surface area contributed by atoms with Gasteiger partial charge in [-0.1, -0.05) is 419 Å². The van der Waals surface area contributed by atoms with Gasteiger partial charge in [0.05, 0.1) is 12.7 Å². The Morgan fingerprint density at radius 2 is 0.395 bits per heavy atom. The van der Waals surface area contributed by atoms with Gasteiger partial charge in [-0.25, -0.2) is 4.79 Å². The lowest BCUT2D eigenvalue weighted by Crippen LogP contribution is -2.27. The minimum absolute atomic E-state index is 0.183. The Kier molecular flexibility index (Phi) is 66.8. The second-order valence-electron chi connectivity index (χ2n) is 28.3. The van der Waals surface area contributed by atoms with Crippen LogP contribution in [0.25, 0.3) is 0 Å². The van der Waals surface area contributed by atoms with Crippen LogP contribution in [0.5, 0.6) is 0 Å². The van der Waals surface area contributed by atoms with Crippen LogP contribution in [0.4, 0.5) is 0 Å². The number of hydrogen-bond donors (Lipinski definition) is 0. The standard InChI is InChI=1S/C82H158N2O2/c1-6-10-14-18-22-26-30-34-38-42-46-50-54-58-62-66-70-83(71-67-63-59-55-51-47-43-39-35-31-27-23-19-15-11-7-2)77-79-74-80(76-81(75-79)82(85)86-5)78-84(72-68-64-60-56-52-48-44-40-36-32-28-24-20-16-12-8-3)73-69-65-61-57-53-49-45-41-37-33-29-25-21-17-13-9-4/h74-76H,6-73,77-78H2,1-5H3. The van der Waals surface area contributed by atoms with Crippen molar-refractivity contribution in [3.05, 3.63) is 34.9 Å². The maximum absolute atomic E-state index is 13.4. The monoisotopic (exact) mass is 1200 g/mol. The van der Waals surface area contributed by atoms with Crippen LogP contribution in [0.3, 0.4) is 0 Å². The zero-order valence-corrected chi connectivity index (χ0v) is 59.9. The van der Waals surface area contributed by atoms with Crippen LogP contribution in [-0.4, -0.2) is 49.1 Å². The van der Waals surface area contributed by atoms with Crippen LogP contribution in [0.2, 0.25) is 0 Å². The summed E-state index contributed by atoms with van der Waals surface area (Å²) in [4.78, 5) is 18.9. The largest absolute Gasteiger partial charge is 0.465 e. The van der Waals surface area contributed by atoms with Crippen LogP contribution >= 0.6 is 0 Å². The summed E-state index contributed by atoms with van der Waals surface area (Å²) in [6.45, 7) is 15.8. The SMILES string of the molecule is CCCCCCCCCCCCCCCCCCN(CCCCCCCCCCCCCCCCCC)Cc1cc(CN(CCCCCCCCCCCCCCCCCC)CCCCCCCCCCCCCCCCCC)cc(C(=O)OC)c1. The van der Waals surface area contributed by atoms with Crippen molar-refractivity contribution >= 4 is 5.97 Å². The van der Waals surface area contributed by atoms with E-state index in [2.05, 4.69) is 55.7 Å². The molecule has 508 valence electrons. The lowest BCUT2D eigenvalue weighted by atomic mass is 10.0. The Balaban J connectivity index is 2.85. The average molecular weight is 1200 g/mol. The summed E-state index contributed by atoms with van der Waals surface area (Å²) in [5, 5.41) is 0. The van der Waals surface area contributed by atoms with Crippen LogP contribution in [-0.2, 0) is 17.8 Å². The summed E-state index contributed by atoms with van der Waals surface area (Å²) in [5.41, 5.74) is 3.36. The van der Waals surface area contributed by atoms with Gasteiger partial charge in [-0.3, -0.25) is 9.80 Å². The molecule has 0 aromatic heterocycles. The zero-order chi connectivity index (χ0) is 61.8. The fourth-order valence-electron chi connectivity index (χ4n) is 13.8. The van der Waals surface area contributed by atoms with Crippen LogP contribution in [0.15, 0.2) is 18.2 Å². The van der Waals surface area contributed by atoms with E-state index in [0.29, 0.717) is 0 Å². The molecule has 0 bridgehead atoms. The van der Waals surface area contributed by atoms with Crippen LogP contribution in [0.1, 0.15) is 460 Å². The van der Waals surface area contributed by atoms with Gasteiger partial charge in [0, 0.05) is 13.1 Å². The van der Waals surface area contributed by atoms with Crippen LogP contribution < -0.4 is 0 Å². The van der Waals surface area contributed by atoms with E-state index >= 15 is 0 Å². The maximum Gasteiger partial charge on any atom is 0.337 e. The molecule has 4 heteroatoms. The predicted molar refractivity (Wildman–Crippen MR) is 387 cm³/mol. The molecule has 0 aliphatic carbocycles. The van der Waals surface area contributed by atoms with Crippen molar-refractivity contribution < 1.29 is 9.53 Å². The van der Waals surface area contributed by atoms with E-state index in [1.165, 1.54) is 448 Å². The third kappa shape index (κ3) is 58.9. The number of nitrogens with zero attached hydrogens (tertiary/aromatic N) is 2. The van der Waals surface area contributed by atoms with E-state index in [-0.39, 0.29) is 5.97 Å². The molecule has 0 aliphatic heterocycles. The molecule has 0 spiro atoms. The first kappa shape index (κ1) is 82.6. The van der Waals surface area contributed by atoms with Gasteiger partial charge >= 0.3 is 5.97 Å². The van der Waals surface area contributed by atoms with Crippen molar-refractivity contribution in [2.45, 2.75) is 452 Å². The normalized spacial score (nSPS) is 11.8. The van der Waals surface area contributed by atoms with Crippen molar-refractivity contribution in [2.75, 3.05) is 33.3 Å². The highest BCUT2D eigenvalue weighted by molar-refractivity contribution is 5.89. The molecule has 0 fully saturated rings. The highest BCUT2D eigenvalue weighted by Gasteiger charge is 2.15.